The van der Waals surface area contributed by atoms with Crippen LogP contribution in [0.15, 0.2) is 23.5 Å². The highest BCUT2D eigenvalue weighted by Crippen LogP contribution is 2.49. The number of benzene rings is 1. The number of phenols is 1. The van der Waals surface area contributed by atoms with E-state index in [0.29, 0.717) is 18.2 Å². The molecule has 3 rings (SSSR count). The van der Waals surface area contributed by atoms with Crippen LogP contribution in [0.25, 0.3) is 0 Å². The van der Waals surface area contributed by atoms with Crippen molar-refractivity contribution in [2.45, 2.75) is 38.1 Å². The van der Waals surface area contributed by atoms with Crippen molar-refractivity contribution < 1.29 is 5.11 Å². The van der Waals surface area contributed by atoms with Gasteiger partial charge in [-0.25, -0.2) is 0 Å². The monoisotopic (exact) mass is 246 g/mol. The number of nitrogens with zero attached hydrogens (tertiary/aromatic N) is 2. The largest absolute Gasteiger partial charge is 0.508 e. The van der Waals surface area contributed by atoms with Gasteiger partial charge < -0.3 is 5.11 Å². The molecule has 96 valence electrons. The molecule has 1 aliphatic carbocycles. The van der Waals surface area contributed by atoms with Crippen LogP contribution in [-0.4, -0.2) is 22.7 Å². The van der Waals surface area contributed by atoms with Crippen molar-refractivity contribution in [3.8, 4) is 5.75 Å². The summed E-state index contributed by atoms with van der Waals surface area (Å²) in [7, 11) is 0. The lowest BCUT2D eigenvalue weighted by molar-refractivity contribution is 0.0319. The minimum Gasteiger partial charge on any atom is -0.508 e. The Balaban J connectivity index is 2.13. The first-order valence-corrected chi connectivity index (χ1v) is 6.48. The van der Waals surface area contributed by atoms with Gasteiger partial charge in [-0.3, -0.25) is 5.01 Å². The van der Waals surface area contributed by atoms with E-state index in [4.69, 9.17) is 0 Å². The van der Waals surface area contributed by atoms with Gasteiger partial charge in [0, 0.05) is 6.54 Å². The first-order valence-electron chi connectivity index (χ1n) is 6.48. The van der Waals surface area contributed by atoms with E-state index in [1.165, 1.54) is 11.1 Å². The number of piperidine rings is 1. The summed E-state index contributed by atoms with van der Waals surface area (Å²) in [6.45, 7) is 5.14. The lowest BCUT2D eigenvalue weighted by Crippen LogP contribution is -2.56. The quantitative estimate of drug-likeness (QED) is 0.775. The van der Waals surface area contributed by atoms with Crippen LogP contribution in [0.5, 0.6) is 5.75 Å². The predicted molar refractivity (Wildman–Crippen MR) is 69.2 cm³/mol. The van der Waals surface area contributed by atoms with Gasteiger partial charge >= 0.3 is 0 Å². The second-order valence-corrected chi connectivity index (χ2v) is 5.81. The maximum Gasteiger partial charge on any atom is 0.115 e. The third kappa shape index (κ3) is 1.38. The molecule has 4 nitrogen and oxygen atoms in total. The summed E-state index contributed by atoms with van der Waals surface area (Å²) in [5, 5.41) is 14.6. The first kappa shape index (κ1) is 11.5. The highest BCUT2D eigenvalue weighted by atomic mass is 16.3. The van der Waals surface area contributed by atoms with Gasteiger partial charge in [0.15, 0.2) is 0 Å². The number of nitroso groups, excluding NO2 is 1. The molecular weight excluding hydrogens is 228 g/mol. The highest BCUT2D eigenvalue weighted by molar-refractivity contribution is 5.44. The molecule has 1 aliphatic heterocycles. The molecule has 3 atom stereocenters. The summed E-state index contributed by atoms with van der Waals surface area (Å²) in [4.78, 5) is 10.9. The van der Waals surface area contributed by atoms with Crippen LogP contribution in [0, 0.1) is 10.8 Å². The van der Waals surface area contributed by atoms with Crippen LogP contribution in [0.1, 0.15) is 31.4 Å². The van der Waals surface area contributed by atoms with Gasteiger partial charge in [0.05, 0.1) is 11.3 Å². The van der Waals surface area contributed by atoms with Gasteiger partial charge in [-0.2, -0.15) is 0 Å². The molecule has 0 saturated carbocycles. The van der Waals surface area contributed by atoms with E-state index < -0.39 is 0 Å². The fraction of sp³-hybridized carbons (Fsp3) is 0.571. The maximum absolute atomic E-state index is 10.9. The molecule has 0 spiro atoms. The molecule has 1 aromatic rings. The number of hydrogen-bond acceptors (Lipinski definition) is 3. The number of aromatic hydroxyl groups is 1. The molecule has 1 N–H and O–H groups in total. The average molecular weight is 246 g/mol. The standard InChI is InChI=1S/C14H18N2O2/c1-9-13-7-10-3-4-11(17)8-12(10)14(9,2)5-6-16(13)15-18/h3-4,8-9,13,17H,5-7H2,1-2H3. The Kier molecular flexibility index (Phi) is 2.37. The third-order valence-corrected chi connectivity index (χ3v) is 5.07. The predicted octanol–water partition coefficient (Wildman–Crippen LogP) is 2.60. The number of hydrogen-bond donors (Lipinski definition) is 1. The van der Waals surface area contributed by atoms with Gasteiger partial charge in [0.1, 0.15) is 5.75 Å². The fourth-order valence-corrected chi connectivity index (χ4v) is 3.69. The molecule has 3 unspecified atom stereocenters. The zero-order valence-corrected chi connectivity index (χ0v) is 10.8. The minimum atomic E-state index is 0.0399. The average Bonchev–Trinajstić information content (AvgIpc) is 2.35. The van der Waals surface area contributed by atoms with Crippen molar-refractivity contribution in [1.82, 2.24) is 5.01 Å². The fourth-order valence-electron chi connectivity index (χ4n) is 3.69. The van der Waals surface area contributed by atoms with Crippen LogP contribution < -0.4 is 0 Å². The second-order valence-electron chi connectivity index (χ2n) is 5.81. The lowest BCUT2D eigenvalue weighted by Gasteiger charge is -2.52. The van der Waals surface area contributed by atoms with E-state index in [-0.39, 0.29) is 11.5 Å². The van der Waals surface area contributed by atoms with Crippen molar-refractivity contribution in [1.29, 1.82) is 0 Å². The van der Waals surface area contributed by atoms with Crippen LogP contribution in [0.2, 0.25) is 0 Å². The molecular formula is C14H18N2O2. The van der Waals surface area contributed by atoms with Gasteiger partial charge in [-0.1, -0.05) is 19.9 Å². The van der Waals surface area contributed by atoms with Gasteiger partial charge in [0.25, 0.3) is 0 Å². The number of phenolic OH excluding ortho intramolecular Hbond substituents is 1. The SMILES string of the molecule is CC1C2Cc3ccc(O)cc3C1(C)CCN2N=O. The van der Waals surface area contributed by atoms with E-state index in [2.05, 4.69) is 19.1 Å². The van der Waals surface area contributed by atoms with Crippen LogP contribution in [0.3, 0.4) is 0 Å². The molecule has 4 heteroatoms. The summed E-state index contributed by atoms with van der Waals surface area (Å²) in [6.07, 6.45) is 1.75. The molecule has 1 fully saturated rings. The van der Waals surface area contributed by atoms with Crippen molar-refractivity contribution in [3.05, 3.63) is 34.2 Å². The van der Waals surface area contributed by atoms with Crippen molar-refractivity contribution in [3.63, 3.8) is 0 Å². The highest BCUT2D eigenvalue weighted by Gasteiger charge is 2.48. The molecule has 0 amide bonds. The van der Waals surface area contributed by atoms with Crippen molar-refractivity contribution in [2.75, 3.05) is 6.54 Å². The zero-order chi connectivity index (χ0) is 12.9. The Labute approximate surface area is 107 Å². The second kappa shape index (κ2) is 3.70. The van der Waals surface area contributed by atoms with Gasteiger partial charge in [-0.15, -0.1) is 4.91 Å². The summed E-state index contributed by atoms with van der Waals surface area (Å²) in [6, 6.07) is 5.80. The number of rotatable bonds is 1. The smallest absolute Gasteiger partial charge is 0.115 e. The zero-order valence-electron chi connectivity index (χ0n) is 10.8. The van der Waals surface area contributed by atoms with Crippen molar-refractivity contribution >= 4 is 0 Å². The molecule has 0 aromatic heterocycles. The maximum atomic E-state index is 10.9. The van der Waals surface area contributed by atoms with Crippen LogP contribution in [-0.2, 0) is 11.8 Å². The Morgan fingerprint density at radius 3 is 3.00 bits per heavy atom. The Morgan fingerprint density at radius 1 is 1.50 bits per heavy atom. The minimum absolute atomic E-state index is 0.0399. The van der Waals surface area contributed by atoms with E-state index in [9.17, 15) is 10.0 Å². The summed E-state index contributed by atoms with van der Waals surface area (Å²) >= 11 is 0. The third-order valence-electron chi connectivity index (χ3n) is 5.07. The molecule has 2 bridgehead atoms. The van der Waals surface area contributed by atoms with Crippen LogP contribution in [0.4, 0.5) is 0 Å². The van der Waals surface area contributed by atoms with Crippen molar-refractivity contribution in [2.24, 2.45) is 11.2 Å². The van der Waals surface area contributed by atoms with Crippen LogP contribution >= 0.6 is 0 Å². The topological polar surface area (TPSA) is 52.9 Å². The molecule has 1 aromatic carbocycles. The molecule has 0 radical (unpaired) electrons. The molecule has 1 saturated heterocycles. The summed E-state index contributed by atoms with van der Waals surface area (Å²) in [5.74, 6) is 0.704. The molecule has 1 heterocycles. The van der Waals surface area contributed by atoms with Gasteiger partial charge in [0.2, 0.25) is 0 Å². The Bertz CT molecular complexity index is 503. The molecule has 2 aliphatic rings. The first-order chi connectivity index (χ1) is 8.56. The normalized spacial score (nSPS) is 34.0. The Hall–Kier alpha value is -1.58. The lowest BCUT2D eigenvalue weighted by atomic mass is 9.59. The number of fused-ring (bicyclic) bond motifs is 4. The Morgan fingerprint density at radius 2 is 2.28 bits per heavy atom. The van der Waals surface area contributed by atoms with E-state index in [1.54, 1.807) is 11.1 Å². The van der Waals surface area contributed by atoms with E-state index >= 15 is 0 Å². The summed E-state index contributed by atoms with van der Waals surface area (Å²) in [5.41, 5.74) is 2.53. The van der Waals surface area contributed by atoms with E-state index in [1.807, 2.05) is 12.1 Å². The summed E-state index contributed by atoms with van der Waals surface area (Å²) < 4.78 is 0. The van der Waals surface area contributed by atoms with E-state index in [0.717, 1.165) is 12.8 Å². The molecule has 18 heavy (non-hydrogen) atoms. The van der Waals surface area contributed by atoms with Gasteiger partial charge in [-0.05, 0) is 47.4 Å².